The minimum absolute atomic E-state index is 0.330. The Morgan fingerprint density at radius 1 is 1.25 bits per heavy atom. The Hall–Kier alpha value is -2.38. The molecule has 0 fully saturated rings. The number of anilines is 1. The van der Waals surface area contributed by atoms with Crippen LogP contribution >= 0.6 is 23.1 Å². The van der Waals surface area contributed by atoms with Crippen LogP contribution in [-0.2, 0) is 9.53 Å². The van der Waals surface area contributed by atoms with Crippen LogP contribution in [-0.4, -0.2) is 29.7 Å². The highest BCUT2D eigenvalue weighted by Gasteiger charge is 2.12. The number of ether oxygens (including phenoxy) is 1. The second-order valence-electron chi connectivity index (χ2n) is 4.89. The maximum absolute atomic E-state index is 12.0. The van der Waals surface area contributed by atoms with Crippen LogP contribution in [0.5, 0.6) is 0 Å². The fraction of sp³-hybridized carbons (Fsp3) is 0.118. The number of amides is 1. The largest absolute Gasteiger partial charge is 0.452 e. The topological polar surface area (TPSA) is 68.3 Å². The molecule has 7 heteroatoms. The van der Waals surface area contributed by atoms with Crippen LogP contribution in [0.3, 0.4) is 0 Å². The van der Waals surface area contributed by atoms with Gasteiger partial charge in [-0.05, 0) is 42.7 Å². The third kappa shape index (κ3) is 3.93. The Morgan fingerprint density at radius 2 is 2.12 bits per heavy atom. The predicted octanol–water partition coefficient (Wildman–Crippen LogP) is 3.81. The molecular formula is C17H14N2O3S2. The zero-order chi connectivity index (χ0) is 16.9. The van der Waals surface area contributed by atoms with E-state index in [9.17, 15) is 9.59 Å². The van der Waals surface area contributed by atoms with Crippen LogP contribution in [0.25, 0.3) is 10.2 Å². The van der Waals surface area contributed by atoms with Gasteiger partial charge in [0.25, 0.3) is 5.91 Å². The number of thiazole rings is 1. The number of thioether (sulfide) groups is 1. The summed E-state index contributed by atoms with van der Waals surface area (Å²) in [5.41, 5.74) is 3.64. The number of nitrogens with zero attached hydrogens (tertiary/aromatic N) is 1. The van der Waals surface area contributed by atoms with Crippen molar-refractivity contribution >= 4 is 50.9 Å². The summed E-state index contributed by atoms with van der Waals surface area (Å²) in [4.78, 5) is 29.2. The van der Waals surface area contributed by atoms with Gasteiger partial charge in [-0.2, -0.15) is 0 Å². The molecule has 0 unspecified atom stereocenters. The smallest absolute Gasteiger partial charge is 0.338 e. The van der Waals surface area contributed by atoms with Gasteiger partial charge in [0.15, 0.2) is 6.61 Å². The third-order valence-electron chi connectivity index (χ3n) is 3.25. The Morgan fingerprint density at radius 3 is 2.96 bits per heavy atom. The summed E-state index contributed by atoms with van der Waals surface area (Å²) in [7, 11) is 0. The number of benzene rings is 2. The first-order chi connectivity index (χ1) is 11.7. The minimum atomic E-state index is -0.529. The number of fused-ring (bicyclic) bond motifs is 1. The number of rotatable bonds is 5. The Kier molecular flexibility index (Phi) is 5.12. The summed E-state index contributed by atoms with van der Waals surface area (Å²) in [5.74, 6) is -0.904. The van der Waals surface area contributed by atoms with Crippen LogP contribution in [0.1, 0.15) is 10.4 Å². The maximum Gasteiger partial charge on any atom is 0.338 e. The zero-order valence-corrected chi connectivity index (χ0v) is 14.4. The lowest BCUT2D eigenvalue weighted by Gasteiger charge is -2.07. The summed E-state index contributed by atoms with van der Waals surface area (Å²) in [6.45, 7) is -0.330. The van der Waals surface area contributed by atoms with E-state index >= 15 is 0 Å². The molecule has 0 bridgehead atoms. The molecule has 0 aliphatic heterocycles. The Balaban J connectivity index is 1.57. The van der Waals surface area contributed by atoms with Crippen LogP contribution in [0, 0.1) is 0 Å². The second-order valence-corrected chi connectivity index (χ2v) is 6.66. The van der Waals surface area contributed by atoms with Crippen LogP contribution in [0.4, 0.5) is 5.69 Å². The van der Waals surface area contributed by atoms with Crippen molar-refractivity contribution in [2.75, 3.05) is 18.2 Å². The normalized spacial score (nSPS) is 10.5. The molecule has 3 rings (SSSR count). The number of hydrogen-bond acceptors (Lipinski definition) is 6. The highest BCUT2D eigenvalue weighted by atomic mass is 32.2. The van der Waals surface area contributed by atoms with Gasteiger partial charge in [0, 0.05) is 10.6 Å². The van der Waals surface area contributed by atoms with E-state index in [0.29, 0.717) is 11.3 Å². The summed E-state index contributed by atoms with van der Waals surface area (Å²) in [5, 5.41) is 2.71. The molecule has 1 amide bonds. The Labute approximate surface area is 147 Å². The summed E-state index contributed by atoms with van der Waals surface area (Å²) in [6, 6.07) is 12.6. The predicted molar refractivity (Wildman–Crippen MR) is 96.8 cm³/mol. The summed E-state index contributed by atoms with van der Waals surface area (Å²) in [6.07, 6.45) is 1.96. The average Bonchev–Trinajstić information content (AvgIpc) is 3.07. The molecule has 1 aromatic heterocycles. The van der Waals surface area contributed by atoms with Crippen molar-refractivity contribution < 1.29 is 14.3 Å². The van der Waals surface area contributed by atoms with E-state index in [1.54, 1.807) is 41.5 Å². The molecule has 0 atom stereocenters. The molecule has 5 nitrogen and oxygen atoms in total. The second kappa shape index (κ2) is 7.46. The van der Waals surface area contributed by atoms with Gasteiger partial charge >= 0.3 is 5.97 Å². The standard InChI is InChI=1S/C17H14N2O3S2/c1-23-13-4-2-3-12(8-13)19-16(20)9-22-17(21)11-5-6-14-15(7-11)24-10-18-14/h2-8,10H,9H2,1H3,(H,19,20). The first-order valence-electron chi connectivity index (χ1n) is 7.10. The van der Waals surface area contributed by atoms with Gasteiger partial charge in [-0.25, -0.2) is 9.78 Å². The van der Waals surface area contributed by atoms with E-state index in [-0.39, 0.29) is 12.5 Å². The fourth-order valence-corrected chi connectivity index (χ4v) is 3.27. The molecule has 0 aliphatic rings. The highest BCUT2D eigenvalue weighted by molar-refractivity contribution is 7.98. The van der Waals surface area contributed by atoms with Gasteiger partial charge in [-0.3, -0.25) is 4.79 Å². The van der Waals surface area contributed by atoms with E-state index < -0.39 is 5.97 Å². The molecule has 1 N–H and O–H groups in total. The molecule has 0 saturated carbocycles. The number of nitrogens with one attached hydrogen (secondary N) is 1. The van der Waals surface area contributed by atoms with Crippen molar-refractivity contribution in [2.45, 2.75) is 4.90 Å². The van der Waals surface area contributed by atoms with Crippen LogP contribution < -0.4 is 5.32 Å². The molecule has 122 valence electrons. The number of carbonyl (C=O) groups excluding carboxylic acids is 2. The molecule has 0 saturated heterocycles. The van der Waals surface area contributed by atoms with Crippen LogP contribution in [0.2, 0.25) is 0 Å². The van der Waals surface area contributed by atoms with Crippen molar-refractivity contribution in [3.05, 3.63) is 53.5 Å². The SMILES string of the molecule is CSc1cccc(NC(=O)COC(=O)c2ccc3ncsc3c2)c1. The Bertz CT molecular complexity index is 892. The van der Waals surface area contributed by atoms with Crippen LogP contribution in [0.15, 0.2) is 52.9 Å². The zero-order valence-electron chi connectivity index (χ0n) is 12.8. The van der Waals surface area contributed by atoms with E-state index in [4.69, 9.17) is 4.74 Å². The highest BCUT2D eigenvalue weighted by Crippen LogP contribution is 2.20. The molecule has 3 aromatic rings. The van der Waals surface area contributed by atoms with Gasteiger partial charge in [0.2, 0.25) is 0 Å². The molecular weight excluding hydrogens is 344 g/mol. The molecule has 24 heavy (non-hydrogen) atoms. The average molecular weight is 358 g/mol. The molecule has 2 aromatic carbocycles. The number of esters is 1. The summed E-state index contributed by atoms with van der Waals surface area (Å²) >= 11 is 3.03. The van der Waals surface area contributed by atoms with Crippen molar-refractivity contribution in [1.29, 1.82) is 0 Å². The lowest BCUT2D eigenvalue weighted by Crippen LogP contribution is -2.20. The van der Waals surface area contributed by atoms with Crippen molar-refractivity contribution in [2.24, 2.45) is 0 Å². The molecule has 1 heterocycles. The van der Waals surface area contributed by atoms with Crippen molar-refractivity contribution in [3.8, 4) is 0 Å². The number of carbonyl (C=O) groups is 2. The van der Waals surface area contributed by atoms with E-state index in [1.807, 2.05) is 24.5 Å². The lowest BCUT2D eigenvalue weighted by molar-refractivity contribution is -0.119. The van der Waals surface area contributed by atoms with E-state index in [2.05, 4.69) is 10.3 Å². The van der Waals surface area contributed by atoms with Gasteiger partial charge in [0.1, 0.15) is 0 Å². The fourth-order valence-electron chi connectivity index (χ4n) is 2.09. The quantitative estimate of drug-likeness (QED) is 0.555. The van der Waals surface area contributed by atoms with Gasteiger partial charge < -0.3 is 10.1 Å². The molecule has 0 aliphatic carbocycles. The van der Waals surface area contributed by atoms with E-state index in [0.717, 1.165) is 15.1 Å². The van der Waals surface area contributed by atoms with Crippen molar-refractivity contribution in [3.63, 3.8) is 0 Å². The molecule has 0 spiro atoms. The minimum Gasteiger partial charge on any atom is -0.452 e. The maximum atomic E-state index is 12.0. The molecule has 0 radical (unpaired) electrons. The van der Waals surface area contributed by atoms with Gasteiger partial charge in [0.05, 0.1) is 21.3 Å². The first kappa shape index (κ1) is 16.5. The first-order valence-corrected chi connectivity index (χ1v) is 9.20. The lowest BCUT2D eigenvalue weighted by atomic mass is 10.2. The van der Waals surface area contributed by atoms with E-state index in [1.165, 1.54) is 11.3 Å². The summed E-state index contributed by atoms with van der Waals surface area (Å²) < 4.78 is 5.98. The number of aromatic nitrogens is 1. The van der Waals surface area contributed by atoms with Crippen molar-refractivity contribution in [1.82, 2.24) is 4.98 Å². The van der Waals surface area contributed by atoms with Gasteiger partial charge in [-0.1, -0.05) is 6.07 Å². The monoisotopic (exact) mass is 358 g/mol. The van der Waals surface area contributed by atoms with Gasteiger partial charge in [-0.15, -0.1) is 23.1 Å². The number of hydrogen-bond donors (Lipinski definition) is 1. The third-order valence-corrected chi connectivity index (χ3v) is 4.77.